The molecule has 0 fully saturated rings. The largest absolute Gasteiger partial charge is 0.395 e. The Morgan fingerprint density at radius 1 is 0.350 bits per heavy atom. The quantitative estimate of drug-likeness (QED) is 0.0256. The smallest absolute Gasteiger partial charge is 0.296 e. The lowest BCUT2D eigenvalue weighted by molar-refractivity contribution is 0.279. The molecule has 14 N–H and O–H groups in total. The Bertz CT molecular complexity index is 3800. The van der Waals surface area contributed by atoms with Crippen molar-refractivity contribution in [3.63, 3.8) is 0 Å². The molecule has 0 atom stereocenters. The standard InChI is InChI=1S/C40H44N12O22S6/c53-15-11-51(12-16-54)39-47-35(45-37(49-39)43-29-21-25(75(57,58)59)5-9-31(29)77(63,64)65)41-27-7-3-23(19-33(27)79(69,70)71)1-2-24-4-8-28(34(20-24)80(72,73)74)42-36-46-38(50-40(48-36)52(13-17-55)14-18-56)44-30-22-26(76(60,61)62)6-10-32(30)78(66,67)68/h1-10,19-22,53-56H,11-18H2,(H,57,58,59)(H,60,61,62)(H,63,64,65)(H,66,67,68)(H,69,70,71)(H,72,73,74)(H2,41,43,45,47,49)(H2,42,44,46,48,50). The summed E-state index contributed by atoms with van der Waals surface area (Å²) in [6.07, 6.45) is 2.44. The number of nitrogens with one attached hydrogen (secondary N) is 4. The molecule has 6 rings (SSSR count). The van der Waals surface area contributed by atoms with Crippen LogP contribution in [0.25, 0.3) is 12.2 Å². The molecule has 34 nitrogen and oxygen atoms in total. The minimum atomic E-state index is -5.19. The van der Waals surface area contributed by atoms with Gasteiger partial charge in [-0.1, -0.05) is 24.3 Å². The maximum atomic E-state index is 12.9. The van der Waals surface area contributed by atoms with Gasteiger partial charge in [0, 0.05) is 26.2 Å². The van der Waals surface area contributed by atoms with Gasteiger partial charge in [0.15, 0.2) is 0 Å². The Morgan fingerprint density at radius 3 is 0.900 bits per heavy atom. The number of hydrogen-bond acceptors (Lipinski definition) is 28. The maximum absolute atomic E-state index is 12.9. The van der Waals surface area contributed by atoms with Crippen LogP contribution in [0.2, 0.25) is 0 Å². The lowest BCUT2D eigenvalue weighted by atomic mass is 10.1. The maximum Gasteiger partial charge on any atom is 0.296 e. The summed E-state index contributed by atoms with van der Waals surface area (Å²) in [5.41, 5.74) is -2.31. The Hall–Kier alpha value is -7.26. The van der Waals surface area contributed by atoms with E-state index in [2.05, 4.69) is 51.2 Å². The van der Waals surface area contributed by atoms with Gasteiger partial charge in [-0.2, -0.15) is 80.4 Å². The van der Waals surface area contributed by atoms with Crippen LogP contribution < -0.4 is 31.1 Å². The fourth-order valence-corrected chi connectivity index (χ4v) is 10.6. The van der Waals surface area contributed by atoms with Crippen LogP contribution in [0.4, 0.5) is 58.4 Å². The average molecular weight is 1240 g/mol. The molecule has 80 heavy (non-hydrogen) atoms. The minimum absolute atomic E-state index is 0.00154. The Morgan fingerprint density at radius 2 is 0.637 bits per heavy atom. The van der Waals surface area contributed by atoms with Crippen LogP contribution in [0.1, 0.15) is 11.1 Å². The van der Waals surface area contributed by atoms with Crippen molar-refractivity contribution in [2.45, 2.75) is 29.4 Å². The molecule has 0 aliphatic carbocycles. The summed E-state index contributed by atoms with van der Waals surface area (Å²) in [5, 5.41) is 48.6. The topological polar surface area (TPSA) is 539 Å². The van der Waals surface area contributed by atoms with E-state index in [0.29, 0.717) is 36.4 Å². The number of aliphatic hydroxyl groups excluding tert-OH is 4. The molecule has 6 aromatic rings. The van der Waals surface area contributed by atoms with E-state index in [4.69, 9.17) is 0 Å². The predicted molar refractivity (Wildman–Crippen MR) is 279 cm³/mol. The summed E-state index contributed by atoms with van der Waals surface area (Å²) in [4.78, 5) is 21.7. The molecule has 0 unspecified atom stereocenters. The van der Waals surface area contributed by atoms with E-state index in [1.54, 1.807) is 0 Å². The van der Waals surface area contributed by atoms with Gasteiger partial charge in [-0.05, 0) is 71.8 Å². The molecule has 0 spiro atoms. The zero-order chi connectivity index (χ0) is 59.2. The highest BCUT2D eigenvalue weighted by atomic mass is 32.2. The molecule has 2 heterocycles. The normalized spacial score (nSPS) is 12.6. The second-order valence-corrected chi connectivity index (χ2v) is 24.3. The van der Waals surface area contributed by atoms with Gasteiger partial charge in [0.05, 0.1) is 59.0 Å². The Balaban J connectivity index is 1.37. The van der Waals surface area contributed by atoms with E-state index in [1.807, 2.05) is 0 Å². The zero-order valence-electron chi connectivity index (χ0n) is 40.1. The summed E-state index contributed by atoms with van der Waals surface area (Å²) in [6, 6.07) is 10.3. The van der Waals surface area contributed by atoms with Crippen LogP contribution >= 0.6 is 0 Å². The fraction of sp³-hybridized carbons (Fsp3) is 0.200. The first-order valence-electron chi connectivity index (χ1n) is 21.8. The van der Waals surface area contributed by atoms with Crippen molar-refractivity contribution in [2.24, 2.45) is 0 Å². The summed E-state index contributed by atoms with van der Waals surface area (Å²) in [7, 11) is -30.6. The summed E-state index contributed by atoms with van der Waals surface area (Å²) >= 11 is 0. The van der Waals surface area contributed by atoms with Crippen molar-refractivity contribution >= 4 is 131 Å². The zero-order valence-corrected chi connectivity index (χ0v) is 45.0. The van der Waals surface area contributed by atoms with Crippen molar-refractivity contribution in [3.8, 4) is 0 Å². The number of aliphatic hydroxyl groups is 4. The third kappa shape index (κ3) is 16.2. The van der Waals surface area contributed by atoms with E-state index in [0.717, 1.165) is 24.3 Å². The van der Waals surface area contributed by atoms with Crippen LogP contribution in [0.15, 0.2) is 102 Å². The van der Waals surface area contributed by atoms with E-state index < -0.39 is 163 Å². The molecule has 2 aromatic heterocycles. The van der Waals surface area contributed by atoms with Gasteiger partial charge < -0.3 is 51.5 Å². The van der Waals surface area contributed by atoms with Crippen molar-refractivity contribution in [2.75, 3.05) is 83.7 Å². The highest BCUT2D eigenvalue weighted by molar-refractivity contribution is 7.87. The molecule has 0 aliphatic heterocycles. The van der Waals surface area contributed by atoms with Gasteiger partial charge in [-0.15, -0.1) is 0 Å². The van der Waals surface area contributed by atoms with E-state index >= 15 is 0 Å². The number of rotatable bonds is 26. The fourth-order valence-electron chi connectivity index (χ4n) is 6.92. The van der Waals surface area contributed by atoms with Gasteiger partial charge in [-0.3, -0.25) is 27.3 Å². The van der Waals surface area contributed by atoms with Gasteiger partial charge in [0.2, 0.25) is 35.7 Å². The molecule has 40 heteroatoms. The van der Waals surface area contributed by atoms with Crippen molar-refractivity contribution < 1.29 is 98.2 Å². The van der Waals surface area contributed by atoms with Gasteiger partial charge in [0.1, 0.15) is 19.6 Å². The molecular formula is C40H44N12O22S6. The van der Waals surface area contributed by atoms with Crippen LogP contribution in [0.5, 0.6) is 0 Å². The molecule has 0 amide bonds. The molecule has 0 bridgehead atoms. The summed E-state index contributed by atoms with van der Waals surface area (Å²) in [5.74, 6) is -3.21. The number of anilines is 10. The second-order valence-electron chi connectivity index (χ2n) is 15.9. The van der Waals surface area contributed by atoms with Gasteiger partial charge in [0.25, 0.3) is 60.7 Å². The molecule has 0 aliphatic rings. The first-order valence-corrected chi connectivity index (χ1v) is 30.5. The highest BCUT2D eigenvalue weighted by Crippen LogP contribution is 2.33. The van der Waals surface area contributed by atoms with Gasteiger partial charge >= 0.3 is 0 Å². The first-order chi connectivity index (χ1) is 37.2. The predicted octanol–water partition coefficient (Wildman–Crippen LogP) is 0.264. The Labute approximate surface area is 454 Å². The number of hydrogen-bond donors (Lipinski definition) is 14. The molecule has 0 radical (unpaired) electrons. The van der Waals surface area contributed by atoms with Crippen LogP contribution in [0, 0.1) is 0 Å². The van der Waals surface area contributed by atoms with Crippen molar-refractivity contribution in [3.05, 3.63) is 83.9 Å². The van der Waals surface area contributed by atoms with Crippen LogP contribution in [0.3, 0.4) is 0 Å². The minimum Gasteiger partial charge on any atom is -0.395 e. The Kier molecular flexibility index (Phi) is 19.1. The lowest BCUT2D eigenvalue weighted by Crippen LogP contribution is -2.31. The van der Waals surface area contributed by atoms with Crippen molar-refractivity contribution in [1.82, 2.24) is 29.9 Å². The summed E-state index contributed by atoms with van der Waals surface area (Å²) in [6.45, 7) is -3.18. The van der Waals surface area contributed by atoms with Gasteiger partial charge in [-0.25, -0.2) is 0 Å². The number of benzene rings is 4. The molecule has 0 saturated carbocycles. The van der Waals surface area contributed by atoms with Crippen molar-refractivity contribution in [1.29, 1.82) is 0 Å². The van der Waals surface area contributed by atoms with E-state index in [-0.39, 0.29) is 49.2 Å². The van der Waals surface area contributed by atoms with Crippen LogP contribution in [-0.2, 0) is 60.7 Å². The lowest BCUT2D eigenvalue weighted by Gasteiger charge is -2.22. The first kappa shape index (κ1) is 61.9. The SMILES string of the molecule is O=S(=O)(O)c1ccc(S(=O)(=O)O)c(Nc2nc(Nc3ccc(C=Cc4ccc(Nc5nc(Nc6cc(S(=O)(=O)O)ccc6S(=O)(=O)O)nc(N(CCO)CCO)n5)c(S(=O)(=O)O)c4)cc3S(=O)(=O)O)nc(N(CCO)CCO)n2)c1. The second kappa shape index (κ2) is 24.6. The highest BCUT2D eigenvalue weighted by Gasteiger charge is 2.26. The van der Waals surface area contributed by atoms with E-state index in [1.165, 1.54) is 34.1 Å². The average Bonchev–Trinajstić information content (AvgIpc) is 3.46. The molecular weight excluding hydrogens is 1190 g/mol. The number of aromatic nitrogens is 6. The third-order valence-electron chi connectivity index (χ3n) is 10.4. The molecule has 432 valence electrons. The third-order valence-corrected chi connectivity index (χ3v) is 15.7. The monoisotopic (exact) mass is 1240 g/mol. The van der Waals surface area contributed by atoms with Crippen LogP contribution in [-0.4, -0.2) is 181 Å². The summed E-state index contributed by atoms with van der Waals surface area (Å²) < 4.78 is 208. The van der Waals surface area contributed by atoms with E-state index in [9.17, 15) is 98.2 Å². The molecule has 0 saturated heterocycles. The molecule has 4 aromatic carbocycles. The number of nitrogens with zero attached hydrogens (tertiary/aromatic N) is 8.